The molecule has 1 atom stereocenters. The zero-order chi connectivity index (χ0) is 25.2. The Bertz CT molecular complexity index is 1530. The lowest BCUT2D eigenvalue weighted by Gasteiger charge is -2.15. The van der Waals surface area contributed by atoms with Gasteiger partial charge in [0.05, 0.1) is 23.2 Å². The number of hydrogen-bond donors (Lipinski definition) is 1. The summed E-state index contributed by atoms with van der Waals surface area (Å²) in [6.07, 6.45) is 3.19. The summed E-state index contributed by atoms with van der Waals surface area (Å²) < 4.78 is 7.99. The monoisotopic (exact) mass is 519 g/mol. The van der Waals surface area contributed by atoms with Crippen molar-refractivity contribution in [2.75, 3.05) is 12.4 Å². The van der Waals surface area contributed by atoms with Gasteiger partial charge in [0.1, 0.15) is 5.82 Å². The molecule has 0 radical (unpaired) electrons. The van der Waals surface area contributed by atoms with Crippen LogP contribution in [0.2, 0.25) is 5.02 Å². The summed E-state index contributed by atoms with van der Waals surface area (Å²) in [5.74, 6) is 0.685. The molecular formula is C27H26ClN5O2S. The van der Waals surface area contributed by atoms with E-state index in [1.165, 1.54) is 7.11 Å². The molecule has 0 aliphatic heterocycles. The van der Waals surface area contributed by atoms with Crippen molar-refractivity contribution in [3.05, 3.63) is 71.6 Å². The summed E-state index contributed by atoms with van der Waals surface area (Å²) in [7, 11) is 1.43. The second-order valence-electron chi connectivity index (χ2n) is 9.15. The Morgan fingerprint density at radius 3 is 2.64 bits per heavy atom. The van der Waals surface area contributed by atoms with Crippen LogP contribution < -0.4 is 5.32 Å². The predicted molar refractivity (Wildman–Crippen MR) is 145 cm³/mol. The molecule has 0 saturated carbocycles. The summed E-state index contributed by atoms with van der Waals surface area (Å²) in [5.41, 5.74) is 4.72. The fourth-order valence-corrected chi connectivity index (χ4v) is 5.46. The van der Waals surface area contributed by atoms with Crippen LogP contribution in [0, 0.1) is 11.8 Å². The van der Waals surface area contributed by atoms with Gasteiger partial charge in [0.25, 0.3) is 0 Å². The van der Waals surface area contributed by atoms with E-state index in [-0.39, 0.29) is 11.9 Å². The van der Waals surface area contributed by atoms with Crippen molar-refractivity contribution in [1.29, 1.82) is 0 Å². The number of thiazole rings is 1. The SMILES string of the molecule is COC(=O)[C@@H](Cc1nnc2cc(-c3ccc(Nc4nc5ccc(Cl)cc5s4)cc3)ccn12)CC(C)C. The fourth-order valence-electron chi connectivity index (χ4n) is 4.30. The number of nitrogens with one attached hydrogen (secondary N) is 1. The number of esters is 1. The number of carbonyl (C=O) groups is 1. The van der Waals surface area contributed by atoms with Gasteiger partial charge in [-0.15, -0.1) is 10.2 Å². The minimum Gasteiger partial charge on any atom is -0.469 e. The highest BCUT2D eigenvalue weighted by Crippen LogP contribution is 2.31. The number of methoxy groups -OCH3 is 1. The van der Waals surface area contributed by atoms with Gasteiger partial charge in [-0.3, -0.25) is 9.20 Å². The third kappa shape index (κ3) is 5.20. The smallest absolute Gasteiger partial charge is 0.309 e. The first-order valence-corrected chi connectivity index (χ1v) is 12.9. The summed E-state index contributed by atoms with van der Waals surface area (Å²) >= 11 is 7.66. The van der Waals surface area contributed by atoms with Gasteiger partial charge in [-0.2, -0.15) is 0 Å². The molecule has 7 nitrogen and oxygen atoms in total. The molecule has 2 aromatic carbocycles. The average molecular weight is 520 g/mol. The van der Waals surface area contributed by atoms with Crippen LogP contribution in [0.15, 0.2) is 60.8 Å². The zero-order valence-electron chi connectivity index (χ0n) is 20.2. The average Bonchev–Trinajstić information content (AvgIpc) is 3.45. The van der Waals surface area contributed by atoms with E-state index in [0.29, 0.717) is 17.4 Å². The van der Waals surface area contributed by atoms with Crippen molar-refractivity contribution < 1.29 is 9.53 Å². The predicted octanol–water partition coefficient (Wildman–Crippen LogP) is 6.78. The van der Waals surface area contributed by atoms with Gasteiger partial charge in [0, 0.05) is 23.3 Å². The van der Waals surface area contributed by atoms with Gasteiger partial charge < -0.3 is 10.1 Å². The topological polar surface area (TPSA) is 81.4 Å². The van der Waals surface area contributed by atoms with Crippen LogP contribution >= 0.6 is 22.9 Å². The number of pyridine rings is 1. The van der Waals surface area contributed by atoms with E-state index in [9.17, 15) is 4.79 Å². The highest BCUT2D eigenvalue weighted by atomic mass is 35.5. The van der Waals surface area contributed by atoms with E-state index in [0.717, 1.165) is 50.1 Å². The molecule has 0 saturated heterocycles. The molecule has 9 heteroatoms. The second-order valence-corrected chi connectivity index (χ2v) is 10.6. The van der Waals surface area contributed by atoms with Gasteiger partial charge in [-0.05, 0) is 65.9 Å². The maximum absolute atomic E-state index is 12.3. The van der Waals surface area contributed by atoms with Crippen LogP contribution in [0.1, 0.15) is 26.1 Å². The Balaban J connectivity index is 1.33. The molecule has 3 aromatic heterocycles. The Labute approximate surface area is 218 Å². The highest BCUT2D eigenvalue weighted by molar-refractivity contribution is 7.22. The largest absolute Gasteiger partial charge is 0.469 e. The zero-order valence-corrected chi connectivity index (χ0v) is 21.8. The molecule has 0 aliphatic carbocycles. The quantitative estimate of drug-likeness (QED) is 0.227. The van der Waals surface area contributed by atoms with Gasteiger partial charge in [0.2, 0.25) is 0 Å². The number of ether oxygens (including phenoxy) is 1. The van der Waals surface area contributed by atoms with Gasteiger partial charge in [0.15, 0.2) is 10.8 Å². The minimum absolute atomic E-state index is 0.208. The van der Waals surface area contributed by atoms with Gasteiger partial charge >= 0.3 is 5.97 Å². The molecule has 0 bridgehead atoms. The molecule has 0 aliphatic rings. The first kappa shape index (κ1) is 24.2. The fraction of sp³-hybridized carbons (Fsp3) is 0.259. The number of carbonyl (C=O) groups excluding carboxylic acids is 1. The number of fused-ring (bicyclic) bond motifs is 2. The van der Waals surface area contributed by atoms with Crippen LogP contribution in [-0.2, 0) is 16.0 Å². The van der Waals surface area contributed by atoms with Crippen LogP contribution in [0.3, 0.4) is 0 Å². The molecule has 184 valence electrons. The number of nitrogens with zero attached hydrogens (tertiary/aromatic N) is 4. The van der Waals surface area contributed by atoms with E-state index in [1.807, 2.05) is 53.1 Å². The molecule has 0 amide bonds. The third-order valence-corrected chi connectivity index (χ3v) is 7.19. The highest BCUT2D eigenvalue weighted by Gasteiger charge is 2.23. The van der Waals surface area contributed by atoms with Crippen LogP contribution in [0.5, 0.6) is 0 Å². The molecule has 0 spiro atoms. The molecule has 3 heterocycles. The van der Waals surface area contributed by atoms with Crippen molar-refractivity contribution in [3.8, 4) is 11.1 Å². The van der Waals surface area contributed by atoms with Crippen LogP contribution in [0.25, 0.3) is 27.0 Å². The van der Waals surface area contributed by atoms with Gasteiger partial charge in [-0.1, -0.05) is 48.9 Å². The molecular weight excluding hydrogens is 494 g/mol. The lowest BCUT2D eigenvalue weighted by Crippen LogP contribution is -2.21. The summed E-state index contributed by atoms with van der Waals surface area (Å²) in [6.45, 7) is 4.19. The number of halogens is 1. The first-order valence-electron chi connectivity index (χ1n) is 11.7. The molecule has 0 unspecified atom stereocenters. The number of anilines is 2. The molecule has 0 fully saturated rings. The Morgan fingerprint density at radius 1 is 1.08 bits per heavy atom. The van der Waals surface area contributed by atoms with Crippen LogP contribution in [0.4, 0.5) is 10.8 Å². The maximum Gasteiger partial charge on any atom is 0.309 e. The Hall–Kier alpha value is -3.49. The third-order valence-electron chi connectivity index (χ3n) is 6.02. The van der Waals surface area contributed by atoms with Gasteiger partial charge in [-0.25, -0.2) is 4.98 Å². The number of aromatic nitrogens is 4. The molecule has 1 N–H and O–H groups in total. The minimum atomic E-state index is -0.241. The number of rotatable bonds is 8. The van der Waals surface area contributed by atoms with Crippen molar-refractivity contribution in [2.24, 2.45) is 11.8 Å². The summed E-state index contributed by atoms with van der Waals surface area (Å²) in [5, 5.41) is 13.6. The van der Waals surface area contributed by atoms with Crippen LogP contribution in [-0.4, -0.2) is 32.7 Å². The molecule has 36 heavy (non-hydrogen) atoms. The lowest BCUT2D eigenvalue weighted by atomic mass is 9.94. The first-order chi connectivity index (χ1) is 17.4. The van der Waals surface area contributed by atoms with E-state index in [4.69, 9.17) is 16.3 Å². The normalized spacial score (nSPS) is 12.4. The molecule has 5 rings (SSSR count). The summed E-state index contributed by atoms with van der Waals surface area (Å²) in [6, 6.07) is 17.9. The van der Waals surface area contributed by atoms with E-state index in [2.05, 4.69) is 46.5 Å². The van der Waals surface area contributed by atoms with Crippen molar-refractivity contribution in [1.82, 2.24) is 19.6 Å². The molecule has 5 aromatic rings. The Kier molecular flexibility index (Phi) is 6.89. The van der Waals surface area contributed by atoms with Crippen molar-refractivity contribution in [2.45, 2.75) is 26.7 Å². The maximum atomic E-state index is 12.3. The van der Waals surface area contributed by atoms with Crippen molar-refractivity contribution in [3.63, 3.8) is 0 Å². The number of benzene rings is 2. The summed E-state index contributed by atoms with van der Waals surface area (Å²) in [4.78, 5) is 16.9. The van der Waals surface area contributed by atoms with Crippen molar-refractivity contribution >= 4 is 55.6 Å². The van der Waals surface area contributed by atoms with E-state index in [1.54, 1.807) is 11.3 Å². The van der Waals surface area contributed by atoms with E-state index >= 15 is 0 Å². The lowest BCUT2D eigenvalue weighted by molar-refractivity contribution is -0.146. The second kappa shape index (κ2) is 10.2. The standard InChI is InChI=1S/C27H26ClN5O2S/c1-16(2)12-19(26(34)35-3)14-25-32-31-24-13-18(10-11-33(24)25)17-4-7-21(8-5-17)29-27-30-22-9-6-20(28)15-23(22)36-27/h4-11,13,15-16,19H,12,14H2,1-3H3,(H,29,30)/t19-/m1/s1. The number of hydrogen-bond acceptors (Lipinski definition) is 7. The Morgan fingerprint density at radius 2 is 1.89 bits per heavy atom. The van der Waals surface area contributed by atoms with E-state index < -0.39 is 0 Å².